The van der Waals surface area contributed by atoms with Crippen molar-refractivity contribution < 1.29 is 21.1 Å². The summed E-state index contributed by atoms with van der Waals surface area (Å²) in [6.07, 6.45) is 28.8. The molecule has 0 fully saturated rings. The summed E-state index contributed by atoms with van der Waals surface area (Å²) in [5, 5.41) is 0. The SMILES string of the molecule is CCCCN(CCCC)C(=S)[S-].CCCCN(CCCC)C(=S)[S-].CCCCN(CCCC)C(=S)[S-].CCCCN(CCCC)C(=S)[S-].CCCCN(CCCC)C(=S)[S-].CCCCN(CCCC)C(=S)[S-].[Mo+6].[S-2]. The van der Waals surface area contributed by atoms with E-state index in [-0.39, 0.29) is 34.6 Å². The van der Waals surface area contributed by atoms with Gasteiger partial charge in [0.05, 0.1) is 0 Å². The monoisotopic (exact) mass is 1350 g/mol. The van der Waals surface area contributed by atoms with Gasteiger partial charge < -0.3 is 192 Å². The van der Waals surface area contributed by atoms with Crippen LogP contribution in [-0.2, 0) is 110 Å². The summed E-state index contributed by atoms with van der Waals surface area (Å²) in [5.41, 5.74) is 0. The minimum absolute atomic E-state index is 0. The van der Waals surface area contributed by atoms with Crippen molar-refractivity contribution >= 4 is 188 Å². The normalized spacial score (nSPS) is 9.57. The van der Waals surface area contributed by atoms with Gasteiger partial charge in [-0.1, -0.05) is 186 Å². The van der Waals surface area contributed by atoms with Crippen molar-refractivity contribution in [3.63, 3.8) is 0 Å². The van der Waals surface area contributed by atoms with Gasteiger partial charge in [-0.2, -0.15) is 0 Å². The summed E-state index contributed by atoms with van der Waals surface area (Å²) < 4.78 is 3.82. The summed E-state index contributed by atoms with van der Waals surface area (Å²) in [5.74, 6) is 0. The Kier molecular flexibility index (Phi) is 93.0. The van der Waals surface area contributed by atoms with E-state index in [9.17, 15) is 0 Å². The van der Waals surface area contributed by atoms with Crippen LogP contribution in [0.3, 0.4) is 0 Å². The van der Waals surface area contributed by atoms with Gasteiger partial charge in [0.2, 0.25) is 0 Å². The van der Waals surface area contributed by atoms with E-state index in [4.69, 9.17) is 149 Å². The smallest absolute Gasteiger partial charge is 2.00 e. The molecule has 0 saturated heterocycles. The zero-order chi connectivity index (χ0) is 56.4. The number of hydrogen-bond donors (Lipinski definition) is 0. The van der Waals surface area contributed by atoms with E-state index >= 15 is 0 Å². The molecule has 0 aromatic carbocycles. The van der Waals surface area contributed by atoms with Gasteiger partial charge in [-0.25, -0.2) is 0 Å². The molecule has 0 aliphatic rings. The molecule has 20 heteroatoms. The van der Waals surface area contributed by atoms with Crippen LogP contribution in [0.4, 0.5) is 0 Å². The molecule has 0 aromatic heterocycles. The van der Waals surface area contributed by atoms with Gasteiger partial charge in [-0.15, -0.1) is 0 Å². The van der Waals surface area contributed by atoms with Gasteiger partial charge in [-0.05, 0) is 77.0 Å². The largest absolute Gasteiger partial charge is 6.00 e. The zero-order valence-corrected chi connectivity index (χ0v) is 61.5. The summed E-state index contributed by atoms with van der Waals surface area (Å²) in [6, 6.07) is 0. The molecule has 0 N–H and O–H groups in total. The van der Waals surface area contributed by atoms with Crippen LogP contribution < -0.4 is 0 Å². The molecule has 6 nitrogen and oxygen atoms in total. The van der Waals surface area contributed by atoms with Gasteiger partial charge in [0, 0.05) is 78.5 Å². The van der Waals surface area contributed by atoms with Gasteiger partial charge in [0.25, 0.3) is 0 Å². The first kappa shape index (κ1) is 92.2. The molecule has 0 spiro atoms. The molecule has 0 unspecified atom stereocenters. The Hall–Kier alpha value is 1.70. The molecule has 0 atom stereocenters. The third kappa shape index (κ3) is 71.7. The number of hydrogen-bond acceptors (Lipinski definition) is 12. The van der Waals surface area contributed by atoms with Crippen molar-refractivity contribution in [3.8, 4) is 0 Å². The third-order valence-corrected chi connectivity index (χ3v) is 14.0. The fourth-order valence-electron chi connectivity index (χ4n) is 5.95. The molecule has 0 heterocycles. The number of thiocarbonyl (C=S) groups is 6. The summed E-state index contributed by atoms with van der Waals surface area (Å²) in [7, 11) is 0. The molecular formula is C54H108MoN6S13-2. The van der Waals surface area contributed by atoms with E-state index in [1.165, 1.54) is 154 Å². The predicted molar refractivity (Wildman–Crippen MR) is 375 cm³/mol. The van der Waals surface area contributed by atoms with Crippen LogP contribution in [0, 0.1) is 0 Å². The number of nitrogens with zero attached hydrogens (tertiary/aromatic N) is 6. The maximum absolute atomic E-state index is 4.98. The summed E-state index contributed by atoms with van der Waals surface area (Å²) in [4.78, 5) is 12.8. The van der Waals surface area contributed by atoms with E-state index in [0.29, 0.717) is 25.9 Å². The first-order valence-corrected chi connectivity index (χ1v) is 33.0. The Morgan fingerprint density at radius 2 is 0.284 bits per heavy atom. The Labute approximate surface area is 548 Å². The van der Waals surface area contributed by atoms with Crippen molar-refractivity contribution in [2.75, 3.05) is 78.5 Å². The van der Waals surface area contributed by atoms with Crippen molar-refractivity contribution in [1.29, 1.82) is 0 Å². The van der Waals surface area contributed by atoms with Crippen LogP contribution in [0.25, 0.3) is 0 Å². The van der Waals surface area contributed by atoms with E-state index in [1.54, 1.807) is 0 Å². The van der Waals surface area contributed by atoms with Gasteiger partial charge in [0.15, 0.2) is 0 Å². The molecule has 0 rings (SSSR count). The van der Waals surface area contributed by atoms with Crippen LogP contribution in [0.1, 0.15) is 237 Å². The Bertz CT molecular complexity index is 949. The quantitative estimate of drug-likeness (QED) is 0.0337. The minimum atomic E-state index is 0. The Morgan fingerprint density at radius 3 is 0.324 bits per heavy atom. The van der Waals surface area contributed by atoms with Crippen LogP contribution in [0.2, 0.25) is 0 Å². The van der Waals surface area contributed by atoms with Crippen LogP contribution in [-0.4, -0.2) is 134 Å². The fraction of sp³-hybridized carbons (Fsp3) is 0.889. The standard InChI is InChI=1S/6C9H19NS2.Mo.S/c6*1-3-5-7-10(9(11)12)8-6-4-2;;/h6*3-8H2,1-2H3,(H,11,12);;/q;;;;;;+6;-2/p-6. The topological polar surface area (TPSA) is 19.4 Å². The second-order valence-corrected chi connectivity index (χ2v) is 24.0. The number of unbranched alkanes of at least 4 members (excludes halogenated alkanes) is 12. The average Bonchev–Trinajstić information content (AvgIpc) is 3.34. The molecule has 0 aromatic rings. The minimum Gasteiger partial charge on any atom is -2.00 e. The maximum Gasteiger partial charge on any atom is 6.00 e. The molecule has 440 valence electrons. The van der Waals surface area contributed by atoms with Gasteiger partial charge in [0.1, 0.15) is 0 Å². The zero-order valence-electron chi connectivity index (χ0n) is 48.9. The molecule has 74 heavy (non-hydrogen) atoms. The van der Waals surface area contributed by atoms with Crippen molar-refractivity contribution in [2.24, 2.45) is 0 Å². The van der Waals surface area contributed by atoms with E-state index in [1.807, 2.05) is 0 Å². The van der Waals surface area contributed by atoms with Crippen molar-refractivity contribution in [1.82, 2.24) is 29.4 Å². The van der Waals surface area contributed by atoms with Crippen LogP contribution in [0.5, 0.6) is 0 Å². The summed E-state index contributed by atoms with van der Waals surface area (Å²) in [6.45, 7) is 38.7. The van der Waals surface area contributed by atoms with Gasteiger partial charge >= 0.3 is 21.1 Å². The molecular weight excluding hydrogens is 1250 g/mol. The average molecular weight is 1350 g/mol. The van der Waals surface area contributed by atoms with Gasteiger partial charge in [-0.3, -0.25) is 0 Å². The molecule has 0 aliphatic heterocycles. The van der Waals surface area contributed by atoms with E-state index in [0.717, 1.165) is 78.5 Å². The maximum atomic E-state index is 4.98. The third-order valence-electron chi connectivity index (χ3n) is 10.9. The van der Waals surface area contributed by atoms with E-state index < -0.39 is 0 Å². The molecule has 0 amide bonds. The Balaban J connectivity index is -0.000000117. The summed E-state index contributed by atoms with van der Waals surface area (Å²) >= 11 is 59.8. The van der Waals surface area contributed by atoms with Crippen molar-refractivity contribution in [2.45, 2.75) is 237 Å². The number of rotatable bonds is 36. The second-order valence-electron chi connectivity index (χ2n) is 17.8. The molecule has 0 bridgehead atoms. The Morgan fingerprint density at radius 1 is 0.216 bits per heavy atom. The molecule has 0 aliphatic carbocycles. The van der Waals surface area contributed by atoms with Crippen molar-refractivity contribution in [3.05, 3.63) is 0 Å². The van der Waals surface area contributed by atoms with Crippen LogP contribution >= 0.6 is 73.3 Å². The first-order valence-electron chi connectivity index (χ1n) is 28.1. The predicted octanol–water partition coefficient (Wildman–Crippen LogP) is 16.3. The first-order chi connectivity index (χ1) is 34.3. The van der Waals surface area contributed by atoms with Crippen LogP contribution in [0.15, 0.2) is 0 Å². The second kappa shape index (κ2) is 74.7. The van der Waals surface area contributed by atoms with E-state index in [2.05, 4.69) is 112 Å². The molecule has 0 radical (unpaired) electrons. The molecule has 0 saturated carbocycles. The fourth-order valence-corrected chi connectivity index (χ4v) is 8.14.